The molecule has 35 heavy (non-hydrogen) atoms. The third-order valence-corrected chi connectivity index (χ3v) is 5.71. The molecule has 11 atom stereocenters. The molecular formula is C19H33N3O13. The number of hydrogen-bond donors (Lipinski definition) is 10. The average Bonchev–Trinajstić information content (AvgIpc) is 2.80. The topological polar surface area (TPSA) is 271 Å². The first-order chi connectivity index (χ1) is 16.4. The number of carbonyl (C=O) groups is 3. The van der Waals surface area contributed by atoms with E-state index in [1.807, 2.05) is 0 Å². The van der Waals surface area contributed by atoms with E-state index in [9.17, 15) is 45.0 Å². The molecule has 2 fully saturated rings. The van der Waals surface area contributed by atoms with Crippen LogP contribution in [0.3, 0.4) is 0 Å². The van der Waals surface area contributed by atoms with Gasteiger partial charge in [0.1, 0.15) is 54.8 Å². The number of carboxylic acid groups (broad SMARTS) is 1. The Morgan fingerprint density at radius 1 is 0.943 bits per heavy atom. The van der Waals surface area contributed by atoms with Gasteiger partial charge in [0.25, 0.3) is 0 Å². The summed E-state index contributed by atoms with van der Waals surface area (Å²) < 4.78 is 16.4. The Bertz CT molecular complexity index is 741. The van der Waals surface area contributed by atoms with Crippen LogP contribution < -0.4 is 16.4 Å². The monoisotopic (exact) mass is 511 g/mol. The predicted molar refractivity (Wildman–Crippen MR) is 111 cm³/mol. The summed E-state index contributed by atoms with van der Waals surface area (Å²) in [6.45, 7) is -0.364. The number of nitrogens with one attached hydrogen (secondary N) is 2. The average molecular weight is 511 g/mol. The lowest BCUT2D eigenvalue weighted by atomic mass is 9.94. The molecule has 0 aromatic heterocycles. The van der Waals surface area contributed by atoms with Gasteiger partial charge in [0, 0.05) is 13.3 Å². The summed E-state index contributed by atoms with van der Waals surface area (Å²) in [5.41, 5.74) is 5.37. The smallest absolute Gasteiger partial charge is 0.320 e. The molecule has 2 aliphatic heterocycles. The van der Waals surface area contributed by atoms with Crippen molar-refractivity contribution in [2.45, 2.75) is 87.1 Å². The lowest BCUT2D eigenvalue weighted by molar-refractivity contribution is -0.336. The molecule has 2 amide bonds. The Kier molecular flexibility index (Phi) is 10.7. The number of aliphatic carboxylic acids is 1. The van der Waals surface area contributed by atoms with E-state index < -0.39 is 98.3 Å². The number of amides is 2. The minimum Gasteiger partial charge on any atom is -0.480 e. The summed E-state index contributed by atoms with van der Waals surface area (Å²) in [6, 6.07) is -2.62. The minimum atomic E-state index is -1.81. The summed E-state index contributed by atoms with van der Waals surface area (Å²) in [4.78, 5) is 34.8. The molecule has 0 bridgehead atoms. The van der Waals surface area contributed by atoms with Gasteiger partial charge in [-0.05, 0) is 6.42 Å². The quantitative estimate of drug-likeness (QED) is 0.131. The van der Waals surface area contributed by atoms with Crippen LogP contribution in [0.15, 0.2) is 0 Å². The number of aliphatic hydroxyl groups is 6. The number of ether oxygens (including phenoxy) is 3. The summed E-state index contributed by atoms with van der Waals surface area (Å²) >= 11 is 0. The fourth-order valence-corrected chi connectivity index (χ4v) is 3.76. The van der Waals surface area contributed by atoms with Crippen LogP contribution in [0, 0.1) is 0 Å². The SMILES string of the molecule is CC(=O)N[C@@H]1[C@@H](O)[C@H](O[C@@H]2O[C@H](CO)[C@H](O)[C@H](O)[C@H]2O)[C@@H](CO)O[C@H]1NC(=O)CC[C@H](N)C(=O)O. The van der Waals surface area contributed by atoms with Crippen molar-refractivity contribution in [2.24, 2.45) is 5.73 Å². The van der Waals surface area contributed by atoms with Gasteiger partial charge in [0.05, 0.1) is 13.2 Å². The first kappa shape index (κ1) is 29.2. The Morgan fingerprint density at radius 2 is 1.57 bits per heavy atom. The Balaban J connectivity index is 2.17. The fraction of sp³-hybridized carbons (Fsp3) is 0.842. The molecule has 16 nitrogen and oxygen atoms in total. The van der Waals surface area contributed by atoms with E-state index in [1.54, 1.807) is 0 Å². The second-order valence-electron chi connectivity index (χ2n) is 8.34. The molecule has 0 radical (unpaired) electrons. The van der Waals surface area contributed by atoms with E-state index in [4.69, 9.17) is 25.1 Å². The van der Waals surface area contributed by atoms with Crippen LogP contribution in [0.1, 0.15) is 19.8 Å². The molecule has 11 N–H and O–H groups in total. The van der Waals surface area contributed by atoms with E-state index in [0.29, 0.717) is 0 Å². The number of hydrogen-bond acceptors (Lipinski definition) is 13. The number of nitrogens with two attached hydrogens (primary N) is 1. The van der Waals surface area contributed by atoms with Gasteiger partial charge in [0.15, 0.2) is 12.5 Å². The van der Waals surface area contributed by atoms with Crippen LogP contribution in [0.4, 0.5) is 0 Å². The van der Waals surface area contributed by atoms with E-state index in [1.165, 1.54) is 0 Å². The van der Waals surface area contributed by atoms with Gasteiger partial charge in [-0.25, -0.2) is 0 Å². The maximum Gasteiger partial charge on any atom is 0.320 e. The molecule has 0 spiro atoms. The first-order valence-electron chi connectivity index (χ1n) is 10.9. The van der Waals surface area contributed by atoms with Gasteiger partial charge in [-0.15, -0.1) is 0 Å². The van der Waals surface area contributed by atoms with Crippen molar-refractivity contribution >= 4 is 17.8 Å². The molecule has 202 valence electrons. The van der Waals surface area contributed by atoms with Gasteiger partial charge >= 0.3 is 5.97 Å². The van der Waals surface area contributed by atoms with E-state index in [0.717, 1.165) is 6.92 Å². The Labute approximate surface area is 199 Å². The minimum absolute atomic E-state index is 0.201. The summed E-state index contributed by atoms with van der Waals surface area (Å²) in [5.74, 6) is -2.63. The molecule has 2 heterocycles. The van der Waals surface area contributed by atoms with Crippen molar-refractivity contribution in [3.8, 4) is 0 Å². The number of rotatable bonds is 10. The number of aliphatic hydroxyl groups excluding tert-OH is 6. The second-order valence-corrected chi connectivity index (χ2v) is 8.34. The van der Waals surface area contributed by atoms with Crippen LogP contribution in [-0.2, 0) is 28.6 Å². The highest BCUT2D eigenvalue weighted by atomic mass is 16.7. The van der Waals surface area contributed by atoms with Gasteiger partial charge in [-0.2, -0.15) is 0 Å². The molecule has 0 saturated carbocycles. The molecule has 2 rings (SSSR count). The third kappa shape index (κ3) is 7.26. The van der Waals surface area contributed by atoms with E-state index in [-0.39, 0.29) is 12.8 Å². The predicted octanol–water partition coefficient (Wildman–Crippen LogP) is -5.94. The molecule has 0 aromatic carbocycles. The third-order valence-electron chi connectivity index (χ3n) is 5.71. The van der Waals surface area contributed by atoms with Gasteiger partial charge in [-0.1, -0.05) is 0 Å². The van der Waals surface area contributed by atoms with Gasteiger partial charge < -0.3 is 66.3 Å². The lowest BCUT2D eigenvalue weighted by Gasteiger charge is -2.47. The Morgan fingerprint density at radius 3 is 2.11 bits per heavy atom. The molecule has 0 aromatic rings. The van der Waals surface area contributed by atoms with Crippen LogP contribution in [0.5, 0.6) is 0 Å². The van der Waals surface area contributed by atoms with Gasteiger partial charge in [-0.3, -0.25) is 14.4 Å². The summed E-state index contributed by atoms with van der Waals surface area (Å²) in [7, 11) is 0. The first-order valence-corrected chi connectivity index (χ1v) is 10.9. The summed E-state index contributed by atoms with van der Waals surface area (Å²) in [6.07, 6.45) is -14.6. The van der Waals surface area contributed by atoms with Crippen LogP contribution >= 0.6 is 0 Å². The number of carbonyl (C=O) groups excluding carboxylic acids is 2. The lowest BCUT2D eigenvalue weighted by Crippen LogP contribution is -2.70. The normalized spacial score (nSPS) is 38.4. The van der Waals surface area contributed by atoms with Crippen LogP contribution in [0.25, 0.3) is 0 Å². The maximum atomic E-state index is 12.3. The molecule has 2 saturated heterocycles. The van der Waals surface area contributed by atoms with Crippen molar-refractivity contribution in [2.75, 3.05) is 13.2 Å². The Hall–Kier alpha value is -1.99. The largest absolute Gasteiger partial charge is 0.480 e. The van der Waals surface area contributed by atoms with Crippen LogP contribution in [-0.4, -0.2) is 134 Å². The zero-order valence-electron chi connectivity index (χ0n) is 18.8. The molecule has 0 aliphatic carbocycles. The zero-order chi connectivity index (χ0) is 26.4. The molecule has 16 heteroatoms. The van der Waals surface area contributed by atoms with Gasteiger partial charge in [0.2, 0.25) is 11.8 Å². The molecular weight excluding hydrogens is 478 g/mol. The highest BCUT2D eigenvalue weighted by Crippen LogP contribution is 2.28. The van der Waals surface area contributed by atoms with Crippen molar-refractivity contribution in [3.63, 3.8) is 0 Å². The van der Waals surface area contributed by atoms with Crippen LogP contribution in [0.2, 0.25) is 0 Å². The second kappa shape index (κ2) is 12.8. The van der Waals surface area contributed by atoms with Crippen molar-refractivity contribution in [1.82, 2.24) is 10.6 Å². The standard InChI is InChI=1S/C19H33N3O13/c1-6(25)21-11-13(28)16(35-19-15(30)14(29)12(27)8(4-23)34-19)9(5-24)33-17(11)22-10(26)3-2-7(20)18(31)32/h7-9,11-17,19,23-24,27-30H,2-5,20H2,1H3,(H,21,25)(H,22,26)(H,31,32)/t7-,8+,9+,11+,12-,13+,14-,15+,16+,17+,19-/m0/s1. The van der Waals surface area contributed by atoms with E-state index >= 15 is 0 Å². The maximum absolute atomic E-state index is 12.3. The van der Waals surface area contributed by atoms with Crippen molar-refractivity contribution in [3.05, 3.63) is 0 Å². The van der Waals surface area contributed by atoms with Crippen molar-refractivity contribution < 1.29 is 64.3 Å². The number of carboxylic acids is 1. The summed E-state index contributed by atoms with van der Waals surface area (Å²) in [5, 5.41) is 73.7. The fourth-order valence-electron chi connectivity index (χ4n) is 3.76. The van der Waals surface area contributed by atoms with Crippen molar-refractivity contribution in [1.29, 1.82) is 0 Å². The zero-order valence-corrected chi connectivity index (χ0v) is 18.8. The highest BCUT2D eigenvalue weighted by molar-refractivity contribution is 5.78. The molecule has 2 aliphatic rings. The highest BCUT2D eigenvalue weighted by Gasteiger charge is 2.51. The molecule has 0 unspecified atom stereocenters. The van der Waals surface area contributed by atoms with E-state index in [2.05, 4.69) is 10.6 Å².